The van der Waals surface area contributed by atoms with Gasteiger partial charge in [0.25, 0.3) is 5.91 Å². The van der Waals surface area contributed by atoms with Gasteiger partial charge in [-0.2, -0.15) is 0 Å². The summed E-state index contributed by atoms with van der Waals surface area (Å²) in [5.41, 5.74) is 1.90. The lowest BCUT2D eigenvalue weighted by molar-refractivity contribution is -0.132. The van der Waals surface area contributed by atoms with E-state index >= 15 is 0 Å². The fourth-order valence-corrected chi connectivity index (χ4v) is 2.83. The summed E-state index contributed by atoms with van der Waals surface area (Å²) in [4.78, 5) is 25.7. The Morgan fingerprint density at radius 3 is 2.55 bits per heavy atom. The number of hydrogen-bond donors (Lipinski definition) is 2. The molecule has 1 aliphatic rings. The molecular weight excluding hydrogens is 256 g/mol. The summed E-state index contributed by atoms with van der Waals surface area (Å²) >= 11 is 0. The lowest BCUT2D eigenvalue weighted by Crippen LogP contribution is -2.44. The molecule has 108 valence electrons. The first-order valence-electron chi connectivity index (χ1n) is 6.79. The standard InChI is InChI=1S/C15H20N2O3/c1-4-15(12-6-5-10(2)9-11(12)3)13(19)17(7-8-18)14(20)16-15/h5-6,9,18H,4,7-8H2,1-3H3,(H,16,20). The van der Waals surface area contributed by atoms with E-state index in [0.717, 1.165) is 21.6 Å². The Hall–Kier alpha value is -1.88. The fourth-order valence-electron chi connectivity index (χ4n) is 2.83. The van der Waals surface area contributed by atoms with Crippen molar-refractivity contribution >= 4 is 11.9 Å². The highest BCUT2D eigenvalue weighted by atomic mass is 16.3. The van der Waals surface area contributed by atoms with Gasteiger partial charge in [-0.3, -0.25) is 9.69 Å². The van der Waals surface area contributed by atoms with E-state index in [-0.39, 0.29) is 19.1 Å². The van der Waals surface area contributed by atoms with Crippen LogP contribution in [0.15, 0.2) is 18.2 Å². The Morgan fingerprint density at radius 2 is 2.00 bits per heavy atom. The molecule has 1 aromatic carbocycles. The van der Waals surface area contributed by atoms with Gasteiger partial charge in [0.1, 0.15) is 5.54 Å². The zero-order valence-electron chi connectivity index (χ0n) is 12.1. The van der Waals surface area contributed by atoms with Gasteiger partial charge in [-0.1, -0.05) is 30.7 Å². The number of nitrogens with one attached hydrogen (secondary N) is 1. The third kappa shape index (κ3) is 2.08. The van der Waals surface area contributed by atoms with Gasteiger partial charge >= 0.3 is 6.03 Å². The number of aryl methyl sites for hydroxylation is 2. The van der Waals surface area contributed by atoms with E-state index in [0.29, 0.717) is 6.42 Å². The minimum absolute atomic E-state index is 0.0251. The summed E-state index contributed by atoms with van der Waals surface area (Å²) in [6.45, 7) is 5.60. The predicted molar refractivity (Wildman–Crippen MR) is 75.2 cm³/mol. The van der Waals surface area contributed by atoms with E-state index in [1.807, 2.05) is 39.0 Å². The maximum atomic E-state index is 12.6. The van der Waals surface area contributed by atoms with Crippen molar-refractivity contribution in [3.05, 3.63) is 34.9 Å². The molecule has 0 spiro atoms. The van der Waals surface area contributed by atoms with E-state index in [2.05, 4.69) is 5.32 Å². The number of rotatable bonds is 4. The summed E-state index contributed by atoms with van der Waals surface area (Å²) in [7, 11) is 0. The molecule has 0 radical (unpaired) electrons. The lowest BCUT2D eigenvalue weighted by atomic mass is 9.84. The van der Waals surface area contributed by atoms with Crippen molar-refractivity contribution in [3.63, 3.8) is 0 Å². The summed E-state index contributed by atoms with van der Waals surface area (Å²) < 4.78 is 0. The molecule has 3 amide bonds. The van der Waals surface area contributed by atoms with Crippen LogP contribution < -0.4 is 5.32 Å². The number of amides is 3. The van der Waals surface area contributed by atoms with E-state index in [9.17, 15) is 9.59 Å². The number of β-amino-alcohol motifs (C(OH)–C–C–N with tert-alkyl or cyclic N) is 1. The molecule has 0 aromatic heterocycles. The van der Waals surface area contributed by atoms with Crippen LogP contribution in [0.3, 0.4) is 0 Å². The SMILES string of the molecule is CCC1(c2ccc(C)cc2C)NC(=O)N(CCO)C1=O. The highest BCUT2D eigenvalue weighted by Crippen LogP contribution is 2.34. The zero-order valence-corrected chi connectivity index (χ0v) is 12.1. The Bertz CT molecular complexity index is 556. The smallest absolute Gasteiger partial charge is 0.325 e. The number of aliphatic hydroxyl groups is 1. The molecular formula is C15H20N2O3. The molecule has 5 heteroatoms. The monoisotopic (exact) mass is 276 g/mol. The van der Waals surface area contributed by atoms with Crippen LogP contribution in [0.4, 0.5) is 4.79 Å². The summed E-state index contributed by atoms with van der Waals surface area (Å²) in [5.74, 6) is -0.286. The number of carbonyl (C=O) groups excluding carboxylic acids is 2. The Labute approximate surface area is 118 Å². The van der Waals surface area contributed by atoms with Crippen LogP contribution in [0.2, 0.25) is 0 Å². The molecule has 0 bridgehead atoms. The number of aliphatic hydroxyl groups excluding tert-OH is 1. The normalized spacial score (nSPS) is 22.3. The van der Waals surface area contributed by atoms with Crippen molar-refractivity contribution in [2.45, 2.75) is 32.7 Å². The van der Waals surface area contributed by atoms with Crippen LogP contribution in [0.5, 0.6) is 0 Å². The molecule has 5 nitrogen and oxygen atoms in total. The van der Waals surface area contributed by atoms with Crippen molar-refractivity contribution in [2.24, 2.45) is 0 Å². The van der Waals surface area contributed by atoms with Crippen LogP contribution >= 0.6 is 0 Å². The molecule has 1 aliphatic heterocycles. The van der Waals surface area contributed by atoms with Gasteiger partial charge < -0.3 is 10.4 Å². The van der Waals surface area contributed by atoms with E-state index in [1.165, 1.54) is 0 Å². The predicted octanol–water partition coefficient (Wildman–Crippen LogP) is 1.45. The van der Waals surface area contributed by atoms with Crippen molar-refractivity contribution in [1.29, 1.82) is 0 Å². The maximum Gasteiger partial charge on any atom is 0.325 e. The molecule has 20 heavy (non-hydrogen) atoms. The van der Waals surface area contributed by atoms with E-state index in [1.54, 1.807) is 0 Å². The van der Waals surface area contributed by atoms with Gasteiger partial charge in [-0.15, -0.1) is 0 Å². The Kier molecular flexibility index (Phi) is 3.81. The molecule has 1 unspecified atom stereocenters. The highest BCUT2D eigenvalue weighted by molar-refractivity contribution is 6.07. The van der Waals surface area contributed by atoms with Gasteiger partial charge in [0.2, 0.25) is 0 Å². The third-order valence-corrected chi connectivity index (χ3v) is 3.87. The van der Waals surface area contributed by atoms with Crippen molar-refractivity contribution in [3.8, 4) is 0 Å². The van der Waals surface area contributed by atoms with E-state index in [4.69, 9.17) is 5.11 Å². The summed E-state index contributed by atoms with van der Waals surface area (Å²) in [5, 5.41) is 11.8. The molecule has 1 heterocycles. The quantitative estimate of drug-likeness (QED) is 0.818. The van der Waals surface area contributed by atoms with Crippen LogP contribution in [-0.2, 0) is 10.3 Å². The maximum absolute atomic E-state index is 12.6. The second kappa shape index (κ2) is 5.25. The lowest BCUT2D eigenvalue weighted by Gasteiger charge is -2.27. The molecule has 2 N–H and O–H groups in total. The topological polar surface area (TPSA) is 69.6 Å². The average Bonchev–Trinajstić information content (AvgIpc) is 2.64. The molecule has 1 atom stereocenters. The molecule has 0 saturated carbocycles. The fraction of sp³-hybridized carbons (Fsp3) is 0.467. The molecule has 1 aromatic rings. The van der Waals surface area contributed by atoms with Crippen LogP contribution in [0.25, 0.3) is 0 Å². The zero-order chi connectivity index (χ0) is 14.9. The number of benzene rings is 1. The van der Waals surface area contributed by atoms with Crippen LogP contribution in [0, 0.1) is 13.8 Å². The second-order valence-electron chi connectivity index (χ2n) is 5.19. The van der Waals surface area contributed by atoms with Gasteiger partial charge in [0.15, 0.2) is 0 Å². The third-order valence-electron chi connectivity index (χ3n) is 3.87. The largest absolute Gasteiger partial charge is 0.395 e. The number of nitrogens with zero attached hydrogens (tertiary/aromatic N) is 1. The van der Waals surface area contributed by atoms with Gasteiger partial charge in [0, 0.05) is 0 Å². The molecule has 1 fully saturated rings. The Balaban J connectivity index is 2.50. The molecule has 0 aliphatic carbocycles. The van der Waals surface area contributed by atoms with Crippen molar-refractivity contribution < 1.29 is 14.7 Å². The van der Waals surface area contributed by atoms with Gasteiger partial charge in [-0.25, -0.2) is 4.79 Å². The van der Waals surface area contributed by atoms with E-state index < -0.39 is 11.6 Å². The first-order chi connectivity index (χ1) is 9.46. The van der Waals surface area contributed by atoms with Crippen LogP contribution in [-0.4, -0.2) is 35.1 Å². The first-order valence-corrected chi connectivity index (χ1v) is 6.79. The Morgan fingerprint density at radius 1 is 1.30 bits per heavy atom. The number of urea groups is 1. The van der Waals surface area contributed by atoms with Gasteiger partial charge in [0.05, 0.1) is 13.2 Å². The highest BCUT2D eigenvalue weighted by Gasteiger charge is 2.51. The summed E-state index contributed by atoms with van der Waals surface area (Å²) in [6.07, 6.45) is 0.476. The minimum Gasteiger partial charge on any atom is -0.395 e. The number of imide groups is 1. The van der Waals surface area contributed by atoms with Gasteiger partial charge in [-0.05, 0) is 31.4 Å². The second-order valence-corrected chi connectivity index (χ2v) is 5.19. The van der Waals surface area contributed by atoms with Crippen LogP contribution in [0.1, 0.15) is 30.0 Å². The molecule has 1 saturated heterocycles. The average molecular weight is 276 g/mol. The summed E-state index contributed by atoms with van der Waals surface area (Å²) in [6, 6.07) is 5.40. The molecule has 2 rings (SSSR count). The van der Waals surface area contributed by atoms with Crippen molar-refractivity contribution in [1.82, 2.24) is 10.2 Å². The first kappa shape index (κ1) is 14.5. The number of hydrogen-bond acceptors (Lipinski definition) is 3. The minimum atomic E-state index is -1.01. The van der Waals surface area contributed by atoms with Crippen molar-refractivity contribution in [2.75, 3.05) is 13.2 Å². The number of carbonyl (C=O) groups is 2.